The van der Waals surface area contributed by atoms with Gasteiger partial charge in [0.1, 0.15) is 11.4 Å². The molecule has 130 valence electrons. The van der Waals surface area contributed by atoms with E-state index in [-0.39, 0.29) is 28.7 Å². The predicted octanol–water partition coefficient (Wildman–Crippen LogP) is 3.23. The lowest BCUT2D eigenvalue weighted by molar-refractivity contribution is 0.0914. The minimum absolute atomic E-state index is 0.239. The van der Waals surface area contributed by atoms with E-state index in [2.05, 4.69) is 21.7 Å². The van der Waals surface area contributed by atoms with Crippen LogP contribution >= 0.6 is 0 Å². The van der Waals surface area contributed by atoms with Crippen molar-refractivity contribution in [2.75, 3.05) is 6.54 Å². The summed E-state index contributed by atoms with van der Waals surface area (Å²) in [6, 6.07) is 4.93. The Morgan fingerprint density at radius 2 is 1.83 bits per heavy atom. The normalized spacial score (nSPS) is 14.7. The summed E-state index contributed by atoms with van der Waals surface area (Å²) in [5.74, 6) is -0.513. The van der Waals surface area contributed by atoms with Gasteiger partial charge in [-0.15, -0.1) is 0 Å². The van der Waals surface area contributed by atoms with Crippen molar-refractivity contribution in [3.8, 4) is 0 Å². The van der Waals surface area contributed by atoms with Crippen LogP contribution in [-0.2, 0) is 0 Å². The van der Waals surface area contributed by atoms with Crippen LogP contribution in [0.15, 0.2) is 29.8 Å². The lowest BCUT2D eigenvalue weighted by Gasteiger charge is -2.20. The largest absolute Gasteiger partial charge is 0.350 e. The van der Waals surface area contributed by atoms with Gasteiger partial charge in [-0.25, -0.2) is 4.98 Å². The second-order valence-corrected chi connectivity index (χ2v) is 7.23. The summed E-state index contributed by atoms with van der Waals surface area (Å²) < 4.78 is 0. The summed E-state index contributed by atoms with van der Waals surface area (Å²) in [6.45, 7) is 6.31. The quantitative estimate of drug-likeness (QED) is 0.815. The second kappa shape index (κ2) is 8.08. The standard InChI is InChI=1S/C19H27N3O2/c1-19(2,3)22-18(24)16-11-7-10-15(21-16)17(23)20-13-12-14-8-5-4-6-9-14/h7-8,10-11H,4-6,9,12-13H2,1-3H3,(H,20,23)(H,22,24). The SMILES string of the molecule is CC(C)(C)NC(=O)c1cccc(C(=O)NCCC2=CCCCC2)n1. The highest BCUT2D eigenvalue weighted by atomic mass is 16.2. The highest BCUT2D eigenvalue weighted by Crippen LogP contribution is 2.19. The van der Waals surface area contributed by atoms with Crippen LogP contribution in [-0.4, -0.2) is 28.9 Å². The van der Waals surface area contributed by atoms with Crippen LogP contribution in [0, 0.1) is 0 Å². The van der Waals surface area contributed by atoms with E-state index in [0.717, 1.165) is 19.3 Å². The topological polar surface area (TPSA) is 71.1 Å². The fraction of sp³-hybridized carbons (Fsp3) is 0.526. The van der Waals surface area contributed by atoms with Crippen LogP contribution in [0.3, 0.4) is 0 Å². The summed E-state index contributed by atoms with van der Waals surface area (Å²) in [6.07, 6.45) is 7.96. The molecule has 0 bridgehead atoms. The number of hydrogen-bond acceptors (Lipinski definition) is 3. The maximum Gasteiger partial charge on any atom is 0.270 e. The fourth-order valence-electron chi connectivity index (χ4n) is 2.65. The lowest BCUT2D eigenvalue weighted by atomic mass is 9.97. The van der Waals surface area contributed by atoms with Crippen molar-refractivity contribution in [2.45, 2.75) is 58.4 Å². The van der Waals surface area contributed by atoms with Gasteiger partial charge in [-0.2, -0.15) is 0 Å². The molecular formula is C19H27N3O2. The summed E-state index contributed by atoms with van der Waals surface area (Å²) in [5, 5.41) is 5.73. The Morgan fingerprint density at radius 3 is 2.46 bits per heavy atom. The number of nitrogens with one attached hydrogen (secondary N) is 2. The average Bonchev–Trinajstić information content (AvgIpc) is 2.54. The van der Waals surface area contributed by atoms with E-state index >= 15 is 0 Å². The third-order valence-corrected chi connectivity index (χ3v) is 3.82. The predicted molar refractivity (Wildman–Crippen MR) is 95.0 cm³/mol. The van der Waals surface area contributed by atoms with Crippen LogP contribution in [0.2, 0.25) is 0 Å². The summed E-state index contributed by atoms with van der Waals surface area (Å²) in [5.41, 5.74) is 1.61. The molecule has 2 rings (SSSR count). The van der Waals surface area contributed by atoms with Gasteiger partial charge in [0.25, 0.3) is 11.8 Å². The molecule has 1 aliphatic rings. The van der Waals surface area contributed by atoms with Gasteiger partial charge >= 0.3 is 0 Å². The summed E-state index contributed by atoms with van der Waals surface area (Å²) >= 11 is 0. The zero-order valence-corrected chi connectivity index (χ0v) is 14.8. The molecule has 2 N–H and O–H groups in total. The first-order valence-corrected chi connectivity index (χ1v) is 8.61. The molecule has 5 heteroatoms. The van der Waals surface area contributed by atoms with E-state index < -0.39 is 0 Å². The fourth-order valence-corrected chi connectivity index (χ4v) is 2.65. The molecule has 0 radical (unpaired) electrons. The molecule has 0 atom stereocenters. The lowest BCUT2D eigenvalue weighted by Crippen LogP contribution is -2.41. The summed E-state index contributed by atoms with van der Waals surface area (Å²) in [4.78, 5) is 28.5. The molecule has 1 heterocycles. The van der Waals surface area contributed by atoms with Crippen molar-refractivity contribution in [2.24, 2.45) is 0 Å². The molecule has 0 saturated heterocycles. The van der Waals surface area contributed by atoms with Gasteiger partial charge in [0.15, 0.2) is 0 Å². The molecule has 1 aromatic heterocycles. The van der Waals surface area contributed by atoms with Gasteiger partial charge in [-0.05, 0) is 65.0 Å². The average molecular weight is 329 g/mol. The number of allylic oxidation sites excluding steroid dienone is 1. The van der Waals surface area contributed by atoms with Crippen LogP contribution in [0.25, 0.3) is 0 Å². The number of rotatable bonds is 5. The van der Waals surface area contributed by atoms with Crippen LogP contribution in [0.1, 0.15) is 73.9 Å². The zero-order chi connectivity index (χ0) is 17.6. The Bertz CT molecular complexity index is 630. The number of aromatic nitrogens is 1. The monoisotopic (exact) mass is 329 g/mol. The molecule has 0 spiro atoms. The molecule has 0 saturated carbocycles. The molecule has 0 aliphatic heterocycles. The maximum atomic E-state index is 12.2. The maximum absolute atomic E-state index is 12.2. The van der Waals surface area contributed by atoms with Gasteiger partial charge in [-0.3, -0.25) is 9.59 Å². The van der Waals surface area contributed by atoms with E-state index in [1.54, 1.807) is 18.2 Å². The first kappa shape index (κ1) is 18.2. The highest BCUT2D eigenvalue weighted by molar-refractivity contribution is 5.96. The molecule has 0 fully saturated rings. The molecule has 2 amide bonds. The molecule has 1 aliphatic carbocycles. The molecule has 0 unspecified atom stereocenters. The smallest absolute Gasteiger partial charge is 0.270 e. The Hall–Kier alpha value is -2.17. The molecule has 24 heavy (non-hydrogen) atoms. The van der Waals surface area contributed by atoms with Crippen LogP contribution < -0.4 is 10.6 Å². The second-order valence-electron chi connectivity index (χ2n) is 7.23. The van der Waals surface area contributed by atoms with Gasteiger partial charge in [-0.1, -0.05) is 17.7 Å². The van der Waals surface area contributed by atoms with Crippen molar-refractivity contribution >= 4 is 11.8 Å². The number of carbonyl (C=O) groups excluding carboxylic acids is 2. The van der Waals surface area contributed by atoms with E-state index in [0.29, 0.717) is 6.54 Å². The Morgan fingerprint density at radius 1 is 1.12 bits per heavy atom. The minimum Gasteiger partial charge on any atom is -0.350 e. The third-order valence-electron chi connectivity index (χ3n) is 3.82. The Labute approximate surface area is 143 Å². The van der Waals surface area contributed by atoms with Crippen molar-refractivity contribution in [3.63, 3.8) is 0 Å². The van der Waals surface area contributed by atoms with Crippen molar-refractivity contribution in [3.05, 3.63) is 41.2 Å². The van der Waals surface area contributed by atoms with Gasteiger partial charge in [0.2, 0.25) is 0 Å². The minimum atomic E-state index is -0.343. The number of amides is 2. The van der Waals surface area contributed by atoms with E-state index in [1.165, 1.54) is 18.4 Å². The van der Waals surface area contributed by atoms with Gasteiger partial charge in [0.05, 0.1) is 0 Å². The number of nitrogens with zero attached hydrogens (tertiary/aromatic N) is 1. The molecular weight excluding hydrogens is 302 g/mol. The first-order valence-electron chi connectivity index (χ1n) is 8.61. The van der Waals surface area contributed by atoms with Crippen molar-refractivity contribution < 1.29 is 9.59 Å². The van der Waals surface area contributed by atoms with E-state index in [4.69, 9.17) is 0 Å². The molecule has 1 aromatic rings. The van der Waals surface area contributed by atoms with Crippen molar-refractivity contribution in [1.82, 2.24) is 15.6 Å². The highest BCUT2D eigenvalue weighted by Gasteiger charge is 2.17. The number of carbonyl (C=O) groups is 2. The summed E-state index contributed by atoms with van der Waals surface area (Å²) in [7, 11) is 0. The van der Waals surface area contributed by atoms with Gasteiger partial charge in [0, 0.05) is 12.1 Å². The van der Waals surface area contributed by atoms with Gasteiger partial charge < -0.3 is 10.6 Å². The van der Waals surface area contributed by atoms with E-state index in [1.807, 2.05) is 20.8 Å². The molecule has 5 nitrogen and oxygen atoms in total. The van der Waals surface area contributed by atoms with E-state index in [9.17, 15) is 9.59 Å². The molecule has 0 aromatic carbocycles. The third kappa shape index (κ3) is 5.80. The van der Waals surface area contributed by atoms with Crippen molar-refractivity contribution in [1.29, 1.82) is 0 Å². The number of pyridine rings is 1. The van der Waals surface area contributed by atoms with Crippen LogP contribution in [0.4, 0.5) is 0 Å². The first-order chi connectivity index (χ1) is 11.3. The Balaban J connectivity index is 1.91. The van der Waals surface area contributed by atoms with Crippen LogP contribution in [0.5, 0.6) is 0 Å². The number of hydrogen-bond donors (Lipinski definition) is 2. The zero-order valence-electron chi connectivity index (χ0n) is 14.8. The Kier molecular flexibility index (Phi) is 6.12.